The second kappa shape index (κ2) is 11.3. The van der Waals surface area contributed by atoms with E-state index in [1.54, 1.807) is 6.07 Å². The van der Waals surface area contributed by atoms with Crippen molar-refractivity contribution < 1.29 is 14.6 Å². The summed E-state index contributed by atoms with van der Waals surface area (Å²) in [5, 5.41) is 17.4. The first-order valence-corrected chi connectivity index (χ1v) is 11.1. The maximum Gasteiger partial charge on any atom is 0.163 e. The van der Waals surface area contributed by atoms with Gasteiger partial charge in [0.15, 0.2) is 16.8 Å². The van der Waals surface area contributed by atoms with E-state index >= 15 is 0 Å². The first-order chi connectivity index (χ1) is 14.6. The monoisotopic (exact) mass is 431 g/mol. The zero-order valence-electron chi connectivity index (χ0n) is 17.5. The van der Waals surface area contributed by atoms with Crippen LogP contribution >= 0.6 is 11.6 Å². The average molecular weight is 432 g/mol. The van der Waals surface area contributed by atoms with Gasteiger partial charge in [-0.2, -0.15) is 0 Å². The molecule has 0 bridgehead atoms. The Hall–Kier alpha value is -2.18. The van der Waals surface area contributed by atoms with Crippen LogP contribution in [0.1, 0.15) is 54.4 Å². The highest BCUT2D eigenvalue weighted by molar-refractivity contribution is 6.29. The molecular formula is C23H30ClN3O3. The Labute approximate surface area is 183 Å². The quantitative estimate of drug-likeness (QED) is 0.442. The summed E-state index contributed by atoms with van der Waals surface area (Å²) in [4.78, 5) is 14.4. The van der Waals surface area contributed by atoms with Gasteiger partial charge in [0.05, 0.1) is 6.61 Å². The lowest BCUT2D eigenvalue weighted by atomic mass is 9.92. The Balaban J connectivity index is 1.37. The first kappa shape index (κ1) is 22.5. The summed E-state index contributed by atoms with van der Waals surface area (Å²) in [6.45, 7) is 4.64. The molecule has 0 amide bonds. The zero-order valence-corrected chi connectivity index (χ0v) is 18.3. The van der Waals surface area contributed by atoms with Crippen LogP contribution < -0.4 is 9.64 Å². The van der Waals surface area contributed by atoms with E-state index in [0.29, 0.717) is 36.1 Å². The first-order valence-electron chi connectivity index (χ1n) is 10.7. The van der Waals surface area contributed by atoms with Gasteiger partial charge in [0.1, 0.15) is 5.75 Å². The predicted octanol–water partition coefficient (Wildman–Crippen LogP) is 4.47. The number of nitrogens with zero attached hydrogens (tertiary/aromatic N) is 3. The predicted molar refractivity (Wildman–Crippen MR) is 119 cm³/mol. The van der Waals surface area contributed by atoms with Crippen LogP contribution in [0, 0.1) is 12.8 Å². The summed E-state index contributed by atoms with van der Waals surface area (Å²) >= 11 is 5.81. The summed E-state index contributed by atoms with van der Waals surface area (Å²) in [6.07, 6.45) is 5.34. The lowest BCUT2D eigenvalue weighted by Gasteiger charge is -2.32. The van der Waals surface area contributed by atoms with Crippen molar-refractivity contribution in [2.75, 3.05) is 31.2 Å². The van der Waals surface area contributed by atoms with Crippen molar-refractivity contribution in [2.45, 2.75) is 45.4 Å². The Morgan fingerprint density at radius 3 is 2.67 bits per heavy atom. The third-order valence-electron chi connectivity index (χ3n) is 5.64. The van der Waals surface area contributed by atoms with Crippen molar-refractivity contribution in [3.8, 4) is 5.75 Å². The normalized spacial score (nSPS) is 14.7. The third-order valence-corrected chi connectivity index (χ3v) is 5.84. The van der Waals surface area contributed by atoms with Crippen molar-refractivity contribution in [1.82, 2.24) is 10.2 Å². The molecule has 30 heavy (non-hydrogen) atoms. The molecule has 2 aromatic rings. The van der Waals surface area contributed by atoms with E-state index in [4.69, 9.17) is 21.4 Å². The van der Waals surface area contributed by atoms with Gasteiger partial charge in [-0.25, -0.2) is 0 Å². The molecule has 162 valence electrons. The fourth-order valence-electron chi connectivity index (χ4n) is 3.90. The highest BCUT2D eigenvalue weighted by Gasteiger charge is 2.20. The second-order valence-electron chi connectivity index (χ2n) is 7.86. The highest BCUT2D eigenvalue weighted by Crippen LogP contribution is 2.25. The lowest BCUT2D eigenvalue weighted by molar-refractivity contribution is 0.0970. The van der Waals surface area contributed by atoms with E-state index in [2.05, 4.69) is 15.1 Å². The molecule has 0 saturated carbocycles. The van der Waals surface area contributed by atoms with Gasteiger partial charge in [-0.3, -0.25) is 4.79 Å². The summed E-state index contributed by atoms with van der Waals surface area (Å²) < 4.78 is 5.90. The fraction of sp³-hybridized carbons (Fsp3) is 0.522. The minimum absolute atomic E-state index is 0.0419. The number of anilines is 1. The van der Waals surface area contributed by atoms with E-state index in [-0.39, 0.29) is 12.4 Å². The summed E-state index contributed by atoms with van der Waals surface area (Å²) in [5.74, 6) is 2.49. The maximum atomic E-state index is 12.1. The van der Waals surface area contributed by atoms with Crippen LogP contribution in [0.15, 0.2) is 30.3 Å². The number of aliphatic hydroxyl groups excluding tert-OH is 1. The molecule has 1 fully saturated rings. The minimum atomic E-state index is 0.0419. The number of piperidine rings is 1. The van der Waals surface area contributed by atoms with Gasteiger partial charge in [0.25, 0.3) is 0 Å². The number of aryl methyl sites for hydroxylation is 1. The molecule has 1 aliphatic rings. The standard InChI is InChI=1S/C23H30ClN3O3/c1-17-16-19(6-7-20(17)21(29)5-2-14-28)30-15-3-4-18-10-12-27(13-11-18)23-9-8-22(24)25-26-23/h6-9,16,18,28H,2-5,10-15H2,1H3. The Morgan fingerprint density at radius 2 is 2.00 bits per heavy atom. The molecule has 0 spiro atoms. The Kier molecular flexibility index (Phi) is 8.46. The van der Waals surface area contributed by atoms with Crippen LogP contribution in [0.2, 0.25) is 5.15 Å². The number of Topliss-reactive ketones (excluding diaryl/α,β-unsaturated/α-hetero) is 1. The highest BCUT2D eigenvalue weighted by atomic mass is 35.5. The molecule has 1 saturated heterocycles. The smallest absolute Gasteiger partial charge is 0.163 e. The van der Waals surface area contributed by atoms with Gasteiger partial charge in [-0.1, -0.05) is 11.6 Å². The van der Waals surface area contributed by atoms with Gasteiger partial charge in [-0.15, -0.1) is 10.2 Å². The van der Waals surface area contributed by atoms with E-state index in [1.165, 1.54) is 0 Å². The van der Waals surface area contributed by atoms with Crippen LogP contribution in [0.4, 0.5) is 5.82 Å². The van der Waals surface area contributed by atoms with Crippen LogP contribution in [0.25, 0.3) is 0 Å². The minimum Gasteiger partial charge on any atom is -0.494 e. The topological polar surface area (TPSA) is 75.5 Å². The number of hydrogen-bond donors (Lipinski definition) is 1. The number of aliphatic hydroxyl groups is 1. The van der Waals surface area contributed by atoms with Crippen LogP contribution in [0.5, 0.6) is 5.75 Å². The Morgan fingerprint density at radius 1 is 1.20 bits per heavy atom. The molecule has 0 aliphatic carbocycles. The van der Waals surface area contributed by atoms with E-state index < -0.39 is 0 Å². The fourth-order valence-corrected chi connectivity index (χ4v) is 4.00. The number of carbonyl (C=O) groups excluding carboxylic acids is 1. The van der Waals surface area contributed by atoms with E-state index in [0.717, 1.165) is 55.9 Å². The molecule has 3 rings (SSSR count). The number of ether oxygens (including phenoxy) is 1. The van der Waals surface area contributed by atoms with Crippen LogP contribution in [-0.4, -0.2) is 47.4 Å². The molecule has 1 N–H and O–H groups in total. The van der Waals surface area contributed by atoms with Gasteiger partial charge in [0.2, 0.25) is 0 Å². The molecule has 0 atom stereocenters. The molecule has 2 heterocycles. The van der Waals surface area contributed by atoms with E-state index in [1.807, 2.05) is 31.2 Å². The molecule has 1 aromatic heterocycles. The number of carbonyl (C=O) groups is 1. The van der Waals surface area contributed by atoms with Crippen molar-refractivity contribution in [2.24, 2.45) is 5.92 Å². The molecule has 1 aliphatic heterocycles. The van der Waals surface area contributed by atoms with Crippen molar-refractivity contribution >= 4 is 23.2 Å². The average Bonchev–Trinajstić information content (AvgIpc) is 2.76. The van der Waals surface area contributed by atoms with Crippen molar-refractivity contribution in [3.05, 3.63) is 46.6 Å². The van der Waals surface area contributed by atoms with E-state index in [9.17, 15) is 4.79 Å². The molecule has 7 heteroatoms. The molecule has 1 aromatic carbocycles. The molecule has 0 radical (unpaired) electrons. The number of benzene rings is 1. The number of halogens is 1. The second-order valence-corrected chi connectivity index (χ2v) is 8.25. The van der Waals surface area contributed by atoms with Gasteiger partial charge in [-0.05, 0) is 80.8 Å². The SMILES string of the molecule is Cc1cc(OCCCC2CCN(c3ccc(Cl)nn3)CC2)ccc1C(=O)CCCO. The number of ketones is 1. The molecule has 6 nitrogen and oxygen atoms in total. The van der Waals surface area contributed by atoms with Crippen LogP contribution in [-0.2, 0) is 0 Å². The number of hydrogen-bond acceptors (Lipinski definition) is 6. The largest absolute Gasteiger partial charge is 0.494 e. The number of aromatic nitrogens is 2. The zero-order chi connectivity index (χ0) is 21.3. The van der Waals surface area contributed by atoms with Gasteiger partial charge in [0, 0.05) is 31.7 Å². The van der Waals surface area contributed by atoms with Gasteiger partial charge >= 0.3 is 0 Å². The summed E-state index contributed by atoms with van der Waals surface area (Å²) in [5.41, 5.74) is 1.64. The third kappa shape index (κ3) is 6.41. The number of rotatable bonds is 10. The molecule has 0 unspecified atom stereocenters. The van der Waals surface area contributed by atoms with Crippen molar-refractivity contribution in [3.63, 3.8) is 0 Å². The van der Waals surface area contributed by atoms with Crippen LogP contribution in [0.3, 0.4) is 0 Å². The van der Waals surface area contributed by atoms with Crippen molar-refractivity contribution in [1.29, 1.82) is 0 Å². The summed E-state index contributed by atoms with van der Waals surface area (Å²) in [6, 6.07) is 9.34. The van der Waals surface area contributed by atoms with Gasteiger partial charge < -0.3 is 14.7 Å². The maximum absolute atomic E-state index is 12.1. The Bertz CT molecular complexity index is 821. The lowest BCUT2D eigenvalue weighted by Crippen LogP contribution is -2.34. The molecular weight excluding hydrogens is 402 g/mol. The summed E-state index contributed by atoms with van der Waals surface area (Å²) in [7, 11) is 0.